The van der Waals surface area contributed by atoms with Crippen LogP contribution in [0.5, 0.6) is 0 Å². The van der Waals surface area contributed by atoms with Crippen LogP contribution in [0.4, 0.5) is 0 Å². The number of esters is 1. The fourth-order valence-electron chi connectivity index (χ4n) is 2.95. The number of amides is 1. The molecule has 0 aliphatic heterocycles. The molecule has 0 radical (unpaired) electrons. The fraction of sp³-hybridized carbons (Fsp3) is 0.364. The summed E-state index contributed by atoms with van der Waals surface area (Å²) in [7, 11) is -3.58. The Hall–Kier alpha value is -2.67. The number of benzene rings is 2. The molecule has 6 nitrogen and oxygen atoms in total. The van der Waals surface area contributed by atoms with Crippen LogP contribution >= 0.6 is 0 Å². The van der Waals surface area contributed by atoms with Crippen LogP contribution in [0, 0.1) is 5.92 Å². The molecule has 29 heavy (non-hydrogen) atoms. The Balaban J connectivity index is 1.94. The summed E-state index contributed by atoms with van der Waals surface area (Å²) in [6, 6.07) is 13.5. The van der Waals surface area contributed by atoms with Crippen LogP contribution in [0.15, 0.2) is 53.4 Å². The Kier molecular flexibility index (Phi) is 7.56. The molecule has 1 amide bonds. The van der Waals surface area contributed by atoms with E-state index in [0.29, 0.717) is 5.92 Å². The second-order valence-electron chi connectivity index (χ2n) is 7.47. The maximum Gasteiger partial charge on any atom is 0.339 e. The molecular formula is C22H27NO5S. The highest BCUT2D eigenvalue weighted by molar-refractivity contribution is 7.90. The normalized spacial score (nSPS) is 12.4. The van der Waals surface area contributed by atoms with Crippen LogP contribution in [-0.4, -0.2) is 33.2 Å². The molecule has 0 fully saturated rings. The van der Waals surface area contributed by atoms with Gasteiger partial charge in [-0.15, -0.1) is 0 Å². The van der Waals surface area contributed by atoms with E-state index >= 15 is 0 Å². The van der Waals surface area contributed by atoms with E-state index in [0.717, 1.165) is 18.2 Å². The van der Waals surface area contributed by atoms with Gasteiger partial charge in [0.2, 0.25) is 0 Å². The zero-order chi connectivity index (χ0) is 21.6. The molecule has 1 N–H and O–H groups in total. The maximum atomic E-state index is 12.2. The first kappa shape index (κ1) is 22.6. The number of carbonyl (C=O) groups excluding carboxylic acids is 2. The van der Waals surface area contributed by atoms with E-state index in [9.17, 15) is 18.0 Å². The van der Waals surface area contributed by atoms with E-state index in [1.54, 1.807) is 0 Å². The van der Waals surface area contributed by atoms with Gasteiger partial charge in [0.15, 0.2) is 16.4 Å². The Labute approximate surface area is 172 Å². The highest BCUT2D eigenvalue weighted by Gasteiger charge is 2.20. The van der Waals surface area contributed by atoms with Crippen LogP contribution in [0.2, 0.25) is 0 Å². The van der Waals surface area contributed by atoms with Crippen molar-refractivity contribution in [3.05, 3.63) is 65.2 Å². The Morgan fingerprint density at radius 3 is 2.21 bits per heavy atom. The predicted octanol–water partition coefficient (Wildman–Crippen LogP) is 3.32. The SMILES string of the molecule is CC(C)Cc1ccc([C@H](C)NC(=O)COC(=O)c2ccccc2S(C)(=O)=O)cc1. The Bertz CT molecular complexity index is 965. The molecule has 0 saturated carbocycles. The molecule has 1 atom stereocenters. The average molecular weight is 418 g/mol. The standard InChI is InChI=1S/C22H27NO5S/c1-15(2)13-17-9-11-18(12-10-17)16(3)23-21(24)14-28-22(25)19-7-5-6-8-20(19)29(4,26)27/h5-12,15-16H,13-14H2,1-4H3,(H,23,24)/t16-/m0/s1. The van der Waals surface area contributed by atoms with Gasteiger partial charge in [-0.3, -0.25) is 4.79 Å². The van der Waals surface area contributed by atoms with Gasteiger partial charge in [-0.05, 0) is 42.5 Å². The molecule has 156 valence electrons. The number of sulfone groups is 1. The summed E-state index contributed by atoms with van der Waals surface area (Å²) >= 11 is 0. The lowest BCUT2D eigenvalue weighted by molar-refractivity contribution is -0.124. The number of rotatable bonds is 8. The third-order valence-corrected chi connectivity index (χ3v) is 5.50. The van der Waals surface area contributed by atoms with Gasteiger partial charge in [-0.25, -0.2) is 13.2 Å². The minimum Gasteiger partial charge on any atom is -0.452 e. The topological polar surface area (TPSA) is 89.5 Å². The first-order valence-electron chi connectivity index (χ1n) is 9.42. The number of carbonyl (C=O) groups is 2. The van der Waals surface area contributed by atoms with Crippen molar-refractivity contribution in [3.8, 4) is 0 Å². The lowest BCUT2D eigenvalue weighted by atomic mass is 10.00. The van der Waals surface area contributed by atoms with Crippen LogP contribution in [0.25, 0.3) is 0 Å². The molecule has 0 aliphatic rings. The van der Waals surface area contributed by atoms with E-state index < -0.39 is 28.3 Å². The number of ether oxygens (including phenoxy) is 1. The van der Waals surface area contributed by atoms with Crippen molar-refractivity contribution >= 4 is 21.7 Å². The first-order chi connectivity index (χ1) is 13.6. The molecule has 0 spiro atoms. The quantitative estimate of drug-likeness (QED) is 0.666. The van der Waals surface area contributed by atoms with Crippen molar-refractivity contribution in [3.63, 3.8) is 0 Å². The highest BCUT2D eigenvalue weighted by Crippen LogP contribution is 2.17. The first-order valence-corrected chi connectivity index (χ1v) is 11.3. The monoisotopic (exact) mass is 417 g/mol. The molecule has 0 unspecified atom stereocenters. The fourth-order valence-corrected chi connectivity index (χ4v) is 3.82. The largest absolute Gasteiger partial charge is 0.452 e. The van der Waals surface area contributed by atoms with Gasteiger partial charge in [-0.1, -0.05) is 50.2 Å². The van der Waals surface area contributed by atoms with E-state index in [-0.39, 0.29) is 16.5 Å². The van der Waals surface area contributed by atoms with Crippen LogP contribution in [0.3, 0.4) is 0 Å². The van der Waals surface area contributed by atoms with Gasteiger partial charge in [0.1, 0.15) is 0 Å². The summed E-state index contributed by atoms with van der Waals surface area (Å²) in [4.78, 5) is 24.3. The van der Waals surface area contributed by atoms with Crippen molar-refractivity contribution in [2.24, 2.45) is 5.92 Å². The van der Waals surface area contributed by atoms with E-state index in [2.05, 4.69) is 19.2 Å². The van der Waals surface area contributed by atoms with Crippen molar-refractivity contribution < 1.29 is 22.7 Å². The van der Waals surface area contributed by atoms with Gasteiger partial charge in [0.25, 0.3) is 5.91 Å². The zero-order valence-electron chi connectivity index (χ0n) is 17.1. The molecule has 2 aromatic rings. The number of hydrogen-bond donors (Lipinski definition) is 1. The summed E-state index contributed by atoms with van der Waals surface area (Å²) in [6.07, 6.45) is 2.01. The smallest absolute Gasteiger partial charge is 0.339 e. The van der Waals surface area contributed by atoms with Crippen molar-refractivity contribution in [2.45, 2.75) is 38.1 Å². The summed E-state index contributed by atoms with van der Waals surface area (Å²) < 4.78 is 28.6. The minimum absolute atomic E-state index is 0.0865. The third kappa shape index (κ3) is 6.71. The van der Waals surface area contributed by atoms with Gasteiger partial charge < -0.3 is 10.1 Å². The van der Waals surface area contributed by atoms with Crippen molar-refractivity contribution in [1.82, 2.24) is 5.32 Å². The van der Waals surface area contributed by atoms with Crippen LogP contribution < -0.4 is 5.32 Å². The third-order valence-electron chi connectivity index (χ3n) is 4.34. The summed E-state index contributed by atoms with van der Waals surface area (Å²) in [5, 5.41) is 2.77. The molecular weight excluding hydrogens is 390 g/mol. The van der Waals surface area contributed by atoms with Crippen molar-refractivity contribution in [1.29, 1.82) is 0 Å². The summed E-state index contributed by atoms with van der Waals surface area (Å²) in [5.74, 6) is -0.749. The molecule has 0 saturated heterocycles. The number of nitrogens with one attached hydrogen (secondary N) is 1. The molecule has 0 heterocycles. The van der Waals surface area contributed by atoms with Gasteiger partial charge in [-0.2, -0.15) is 0 Å². The number of hydrogen-bond acceptors (Lipinski definition) is 5. The van der Waals surface area contributed by atoms with Gasteiger partial charge >= 0.3 is 5.97 Å². The summed E-state index contributed by atoms with van der Waals surface area (Å²) in [6.45, 7) is 5.67. The molecule has 0 aliphatic carbocycles. The highest BCUT2D eigenvalue weighted by atomic mass is 32.2. The Morgan fingerprint density at radius 1 is 1.00 bits per heavy atom. The van der Waals surface area contributed by atoms with Gasteiger partial charge in [0, 0.05) is 6.26 Å². The lowest BCUT2D eigenvalue weighted by Crippen LogP contribution is -2.31. The van der Waals surface area contributed by atoms with E-state index in [1.807, 2.05) is 31.2 Å². The van der Waals surface area contributed by atoms with Gasteiger partial charge in [0.05, 0.1) is 16.5 Å². The van der Waals surface area contributed by atoms with Crippen molar-refractivity contribution in [2.75, 3.05) is 12.9 Å². The second kappa shape index (κ2) is 9.69. The molecule has 0 aromatic heterocycles. The maximum absolute atomic E-state index is 12.2. The predicted molar refractivity (Wildman–Crippen MR) is 111 cm³/mol. The van der Waals surface area contributed by atoms with E-state index in [1.165, 1.54) is 29.8 Å². The molecule has 2 rings (SSSR count). The van der Waals surface area contributed by atoms with Crippen LogP contribution in [0.1, 0.15) is 48.3 Å². The minimum atomic E-state index is -3.58. The molecule has 2 aromatic carbocycles. The second-order valence-corrected chi connectivity index (χ2v) is 9.46. The summed E-state index contributed by atoms with van der Waals surface area (Å²) in [5.41, 5.74) is 2.09. The Morgan fingerprint density at radius 2 is 1.62 bits per heavy atom. The lowest BCUT2D eigenvalue weighted by Gasteiger charge is -2.15. The zero-order valence-corrected chi connectivity index (χ0v) is 18.0. The van der Waals surface area contributed by atoms with Crippen LogP contribution in [-0.2, 0) is 25.8 Å². The molecule has 0 bridgehead atoms. The molecule has 7 heteroatoms. The average Bonchev–Trinajstić information content (AvgIpc) is 2.65. The van der Waals surface area contributed by atoms with E-state index in [4.69, 9.17) is 4.74 Å².